The molecule has 1 aromatic heterocycles. The lowest BCUT2D eigenvalue weighted by molar-refractivity contribution is 0.0595. The van der Waals surface area contributed by atoms with Crippen molar-refractivity contribution in [3.63, 3.8) is 0 Å². The predicted octanol–water partition coefficient (Wildman–Crippen LogP) is 3.90. The molecular weight excluding hydrogens is 451 g/mol. The third-order valence-electron chi connectivity index (χ3n) is 6.57. The maximum Gasteiger partial charge on any atom is 0.323 e. The van der Waals surface area contributed by atoms with Crippen LogP contribution >= 0.6 is 0 Å². The number of nitrogens with zero attached hydrogens (tertiary/aromatic N) is 2. The van der Waals surface area contributed by atoms with E-state index in [1.165, 1.54) is 37.4 Å². The van der Waals surface area contributed by atoms with Crippen molar-refractivity contribution in [2.45, 2.75) is 18.9 Å². The molecule has 0 saturated carbocycles. The Labute approximate surface area is 201 Å². The molecule has 3 heterocycles. The summed E-state index contributed by atoms with van der Waals surface area (Å²) < 4.78 is 20.3. The number of methoxy groups -OCH3 is 1. The van der Waals surface area contributed by atoms with Gasteiger partial charge < -0.3 is 24.8 Å². The summed E-state index contributed by atoms with van der Waals surface area (Å²) in [5.41, 5.74) is 2.04. The third-order valence-corrected chi connectivity index (χ3v) is 6.57. The Bertz CT molecular complexity index is 1340. The summed E-state index contributed by atoms with van der Waals surface area (Å²) in [7, 11) is 1.52. The van der Waals surface area contributed by atoms with Gasteiger partial charge in [0.15, 0.2) is 0 Å². The monoisotopic (exact) mass is 476 g/mol. The van der Waals surface area contributed by atoms with Crippen LogP contribution in [-0.2, 0) is 6.54 Å². The van der Waals surface area contributed by atoms with Crippen LogP contribution in [0.5, 0.6) is 5.75 Å². The minimum absolute atomic E-state index is 0.112. The Kier molecular flexibility index (Phi) is 5.98. The summed E-state index contributed by atoms with van der Waals surface area (Å²) in [5.74, 6) is -0.0512. The first kappa shape index (κ1) is 22.6. The number of nitrogens with one attached hydrogen (secondary N) is 2. The molecule has 2 unspecified atom stereocenters. The summed E-state index contributed by atoms with van der Waals surface area (Å²) in [6.07, 6.45) is 0.805. The highest BCUT2D eigenvalue weighted by Gasteiger charge is 2.38. The number of pyridine rings is 1. The van der Waals surface area contributed by atoms with E-state index in [-0.39, 0.29) is 23.3 Å². The molecule has 35 heavy (non-hydrogen) atoms. The van der Waals surface area contributed by atoms with Gasteiger partial charge in [-0.3, -0.25) is 9.59 Å². The maximum atomic E-state index is 13.3. The number of fused-ring (bicyclic) bond motifs is 4. The molecule has 5 rings (SSSR count). The van der Waals surface area contributed by atoms with Gasteiger partial charge in [-0.15, -0.1) is 0 Å². The quantitative estimate of drug-likeness (QED) is 0.598. The molecule has 3 aromatic rings. The fraction of sp³-hybridized carbons (Fsp3) is 0.269. The molecule has 2 aromatic carbocycles. The van der Waals surface area contributed by atoms with Gasteiger partial charge >= 0.3 is 6.03 Å². The predicted molar refractivity (Wildman–Crippen MR) is 129 cm³/mol. The summed E-state index contributed by atoms with van der Waals surface area (Å²) in [6, 6.07) is 15.2. The molecule has 0 aliphatic carbocycles. The van der Waals surface area contributed by atoms with Crippen LogP contribution in [0, 0.1) is 11.7 Å². The molecule has 9 heteroatoms. The summed E-state index contributed by atoms with van der Waals surface area (Å²) in [6.45, 7) is 1.38. The van der Waals surface area contributed by atoms with Gasteiger partial charge in [0.1, 0.15) is 11.6 Å². The first-order chi connectivity index (χ1) is 16.9. The van der Waals surface area contributed by atoms with E-state index in [2.05, 4.69) is 10.6 Å². The molecule has 1 saturated heterocycles. The number of carbonyl (C=O) groups is 2. The Balaban J connectivity index is 1.40. The normalized spacial score (nSPS) is 18.4. The lowest BCUT2D eigenvalue weighted by Gasteiger charge is -2.43. The molecule has 2 bridgehead atoms. The van der Waals surface area contributed by atoms with Crippen molar-refractivity contribution in [2.75, 3.05) is 30.8 Å². The number of halogens is 1. The van der Waals surface area contributed by atoms with E-state index in [4.69, 9.17) is 4.74 Å². The number of benzene rings is 2. The highest BCUT2D eigenvalue weighted by Crippen LogP contribution is 2.39. The van der Waals surface area contributed by atoms with Gasteiger partial charge in [-0.05, 0) is 54.8 Å². The number of urea groups is 1. The van der Waals surface area contributed by atoms with E-state index >= 15 is 0 Å². The van der Waals surface area contributed by atoms with Crippen LogP contribution in [0.3, 0.4) is 0 Å². The average molecular weight is 477 g/mol. The van der Waals surface area contributed by atoms with E-state index in [0.29, 0.717) is 48.0 Å². The summed E-state index contributed by atoms with van der Waals surface area (Å²) in [4.78, 5) is 40.3. The standard InChI is InChI=1S/C26H25FN4O4/c1-35-22-5-3-2-4-20(22)28-26(34)29-21-10-11-23(32)31-14-16-12-18(24(21)31)15-30(13-16)25(33)17-6-8-19(27)9-7-17/h2-11,16,18H,12-15H2,1H3,(H2,28,29,34). The van der Waals surface area contributed by atoms with Crippen LogP contribution in [0.2, 0.25) is 0 Å². The molecule has 2 N–H and O–H groups in total. The van der Waals surface area contributed by atoms with E-state index in [1.807, 2.05) is 0 Å². The number of ether oxygens (including phenoxy) is 1. The first-order valence-corrected chi connectivity index (χ1v) is 11.4. The van der Waals surface area contributed by atoms with E-state index in [0.717, 1.165) is 6.42 Å². The van der Waals surface area contributed by atoms with Crippen molar-refractivity contribution in [1.29, 1.82) is 0 Å². The van der Waals surface area contributed by atoms with Crippen LogP contribution in [0.1, 0.15) is 28.4 Å². The number of rotatable bonds is 4. The summed E-state index contributed by atoms with van der Waals surface area (Å²) in [5, 5.41) is 5.65. The molecule has 2 atom stereocenters. The van der Waals surface area contributed by atoms with Crippen LogP contribution in [0.4, 0.5) is 20.6 Å². The van der Waals surface area contributed by atoms with Crippen LogP contribution in [0.25, 0.3) is 0 Å². The SMILES string of the molecule is COc1ccccc1NC(=O)Nc1ccc(=O)n2c1C1CC(CN(C(=O)c3ccc(F)cc3)C1)C2. The average Bonchev–Trinajstić information content (AvgIpc) is 2.86. The number of hydrogen-bond acceptors (Lipinski definition) is 4. The zero-order chi connectivity index (χ0) is 24.5. The molecule has 2 aliphatic rings. The fourth-order valence-electron chi connectivity index (χ4n) is 5.09. The number of para-hydroxylation sites is 2. The number of hydrogen-bond donors (Lipinski definition) is 2. The number of likely N-dealkylation sites (tertiary alicyclic amines) is 1. The van der Waals surface area contributed by atoms with Gasteiger partial charge in [0.25, 0.3) is 11.5 Å². The lowest BCUT2D eigenvalue weighted by Crippen LogP contribution is -2.49. The van der Waals surface area contributed by atoms with Crippen molar-refractivity contribution in [2.24, 2.45) is 5.92 Å². The number of aromatic nitrogens is 1. The van der Waals surface area contributed by atoms with Crippen molar-refractivity contribution >= 4 is 23.3 Å². The Morgan fingerprint density at radius 2 is 1.69 bits per heavy atom. The minimum atomic E-state index is -0.465. The molecule has 8 nitrogen and oxygen atoms in total. The molecule has 0 spiro atoms. The highest BCUT2D eigenvalue weighted by molar-refractivity contribution is 6.01. The van der Waals surface area contributed by atoms with Crippen LogP contribution < -0.4 is 20.9 Å². The highest BCUT2D eigenvalue weighted by atomic mass is 19.1. The molecule has 2 aliphatic heterocycles. The third kappa shape index (κ3) is 4.49. The van der Waals surface area contributed by atoms with Gasteiger partial charge in [-0.25, -0.2) is 9.18 Å². The number of amides is 3. The number of carbonyl (C=O) groups excluding carboxylic acids is 2. The largest absolute Gasteiger partial charge is 0.495 e. The molecular formula is C26H25FN4O4. The van der Waals surface area contributed by atoms with Crippen molar-refractivity contribution in [1.82, 2.24) is 9.47 Å². The van der Waals surface area contributed by atoms with E-state index < -0.39 is 11.8 Å². The van der Waals surface area contributed by atoms with Gasteiger partial charge in [-0.2, -0.15) is 0 Å². The maximum absolute atomic E-state index is 13.3. The summed E-state index contributed by atoms with van der Waals surface area (Å²) >= 11 is 0. The molecule has 0 radical (unpaired) electrons. The van der Waals surface area contributed by atoms with Gasteiger partial charge in [0.05, 0.1) is 18.5 Å². The van der Waals surface area contributed by atoms with E-state index in [9.17, 15) is 18.8 Å². The van der Waals surface area contributed by atoms with Crippen molar-refractivity contribution in [3.05, 3.63) is 88.1 Å². The van der Waals surface area contributed by atoms with Gasteiger partial charge in [0, 0.05) is 42.9 Å². The second-order valence-electron chi connectivity index (χ2n) is 8.88. The smallest absolute Gasteiger partial charge is 0.323 e. The lowest BCUT2D eigenvalue weighted by atomic mass is 9.82. The topological polar surface area (TPSA) is 92.7 Å². The number of piperidine rings is 1. The van der Waals surface area contributed by atoms with Crippen LogP contribution in [0.15, 0.2) is 65.5 Å². The Morgan fingerprint density at radius 3 is 2.46 bits per heavy atom. The molecule has 180 valence electrons. The zero-order valence-electron chi connectivity index (χ0n) is 19.2. The second kappa shape index (κ2) is 9.25. The van der Waals surface area contributed by atoms with E-state index in [1.54, 1.807) is 39.8 Å². The van der Waals surface area contributed by atoms with Crippen molar-refractivity contribution < 1.29 is 18.7 Å². The molecule has 1 fully saturated rings. The van der Waals surface area contributed by atoms with Crippen molar-refractivity contribution in [3.8, 4) is 5.75 Å². The second-order valence-corrected chi connectivity index (χ2v) is 8.88. The minimum Gasteiger partial charge on any atom is -0.495 e. The number of anilines is 2. The zero-order valence-corrected chi connectivity index (χ0v) is 19.2. The van der Waals surface area contributed by atoms with Gasteiger partial charge in [-0.1, -0.05) is 12.1 Å². The Hall–Kier alpha value is -4.14. The Morgan fingerprint density at radius 1 is 0.943 bits per heavy atom. The fourth-order valence-corrected chi connectivity index (χ4v) is 5.09. The van der Waals surface area contributed by atoms with Gasteiger partial charge in [0.2, 0.25) is 0 Å². The van der Waals surface area contributed by atoms with Crippen LogP contribution in [-0.4, -0.2) is 41.6 Å². The molecule has 3 amide bonds. The first-order valence-electron chi connectivity index (χ1n) is 11.4.